The van der Waals surface area contributed by atoms with Crippen LogP contribution in [0, 0.1) is 0 Å². The highest BCUT2D eigenvalue weighted by Crippen LogP contribution is 2.52. The number of thioether (sulfide) groups is 1. The molecule has 0 amide bonds. The summed E-state index contributed by atoms with van der Waals surface area (Å²) in [5, 5.41) is 3.87. The summed E-state index contributed by atoms with van der Waals surface area (Å²) in [6.07, 6.45) is 0. The number of hydrogen-bond donors (Lipinski definition) is 1. The second-order valence-electron chi connectivity index (χ2n) is 6.19. The molecule has 0 aromatic heterocycles. The largest absolute Gasteiger partial charge is 0.354 e. The summed E-state index contributed by atoms with van der Waals surface area (Å²) in [4.78, 5) is 2.22. The Kier molecular flexibility index (Phi) is 3.51. The zero-order chi connectivity index (χ0) is 16.8. The van der Waals surface area contributed by atoms with E-state index in [1.165, 1.54) is 21.6 Å². The van der Waals surface area contributed by atoms with Gasteiger partial charge in [0.25, 0.3) is 0 Å². The Morgan fingerprint density at radius 1 is 0.760 bits per heavy atom. The van der Waals surface area contributed by atoms with Crippen molar-refractivity contribution in [2.24, 2.45) is 0 Å². The molecule has 1 nitrogen and oxygen atoms in total. The van der Waals surface area contributed by atoms with Crippen LogP contribution in [0.5, 0.6) is 0 Å². The van der Waals surface area contributed by atoms with E-state index in [0.717, 1.165) is 21.8 Å². The van der Waals surface area contributed by atoms with E-state index in [4.69, 9.17) is 12.2 Å². The molecule has 3 aromatic rings. The third kappa shape index (κ3) is 2.35. The molecule has 0 saturated heterocycles. The van der Waals surface area contributed by atoms with Crippen molar-refractivity contribution in [3.05, 3.63) is 101 Å². The fraction of sp³-hybridized carbons (Fsp3) is 0.0455. The highest BCUT2D eigenvalue weighted by atomic mass is 32.2. The minimum absolute atomic E-state index is 0.187. The maximum absolute atomic E-state index is 5.91. The molecule has 0 radical (unpaired) electrons. The fourth-order valence-electron chi connectivity index (χ4n) is 3.54. The Labute approximate surface area is 156 Å². The van der Waals surface area contributed by atoms with Gasteiger partial charge in [-0.2, -0.15) is 0 Å². The highest BCUT2D eigenvalue weighted by molar-refractivity contribution is 8.00. The molecule has 2 aliphatic rings. The summed E-state index contributed by atoms with van der Waals surface area (Å²) in [7, 11) is 0. The maximum atomic E-state index is 5.91. The minimum Gasteiger partial charge on any atom is -0.354 e. The van der Waals surface area contributed by atoms with Crippen LogP contribution < -0.4 is 5.32 Å². The number of para-hydroxylation sites is 1. The summed E-state index contributed by atoms with van der Waals surface area (Å²) < 4.78 is 0. The second-order valence-corrected chi connectivity index (χ2v) is 7.75. The maximum Gasteiger partial charge on any atom is 0.0629 e. The van der Waals surface area contributed by atoms with Crippen LogP contribution in [0.1, 0.15) is 21.9 Å². The average molecular weight is 358 g/mol. The van der Waals surface area contributed by atoms with Crippen LogP contribution in [0.2, 0.25) is 0 Å². The van der Waals surface area contributed by atoms with E-state index in [2.05, 4.69) is 84.2 Å². The molecule has 1 aliphatic carbocycles. The van der Waals surface area contributed by atoms with Crippen LogP contribution in [0.15, 0.2) is 89.3 Å². The van der Waals surface area contributed by atoms with Crippen molar-refractivity contribution >= 4 is 40.2 Å². The van der Waals surface area contributed by atoms with E-state index in [1.807, 2.05) is 11.8 Å². The van der Waals surface area contributed by atoms with Gasteiger partial charge in [-0.15, -0.1) is 11.8 Å². The monoisotopic (exact) mass is 357 g/mol. The normalized spacial score (nSPS) is 18.1. The molecule has 1 N–H and O–H groups in total. The van der Waals surface area contributed by atoms with E-state index < -0.39 is 0 Å². The highest BCUT2D eigenvalue weighted by Gasteiger charge is 2.35. The van der Waals surface area contributed by atoms with E-state index in [1.54, 1.807) is 0 Å². The molecule has 120 valence electrons. The van der Waals surface area contributed by atoms with Gasteiger partial charge in [-0.1, -0.05) is 78.9 Å². The Morgan fingerprint density at radius 2 is 1.44 bits per heavy atom. The van der Waals surface area contributed by atoms with Crippen molar-refractivity contribution < 1.29 is 0 Å². The molecular formula is C22H15NS2. The third-order valence-corrected chi connectivity index (χ3v) is 6.50. The van der Waals surface area contributed by atoms with Gasteiger partial charge in [0.1, 0.15) is 0 Å². The number of anilines is 1. The quantitative estimate of drug-likeness (QED) is 0.529. The number of benzene rings is 3. The molecule has 25 heavy (non-hydrogen) atoms. The van der Waals surface area contributed by atoms with Gasteiger partial charge in [-0.25, -0.2) is 0 Å². The van der Waals surface area contributed by atoms with Crippen LogP contribution in [0.3, 0.4) is 0 Å². The topological polar surface area (TPSA) is 12.0 Å². The minimum atomic E-state index is 0.187. The Morgan fingerprint density at radius 3 is 2.28 bits per heavy atom. The Bertz CT molecular complexity index is 1020. The lowest BCUT2D eigenvalue weighted by Gasteiger charge is -2.18. The van der Waals surface area contributed by atoms with E-state index in [-0.39, 0.29) is 5.25 Å². The number of thiocarbonyl (C=S) groups is 1. The summed E-state index contributed by atoms with van der Waals surface area (Å²) in [5.74, 6) is 0. The van der Waals surface area contributed by atoms with Gasteiger partial charge in [0.2, 0.25) is 0 Å². The molecule has 1 atom stereocenters. The van der Waals surface area contributed by atoms with Crippen molar-refractivity contribution in [2.45, 2.75) is 10.1 Å². The third-order valence-electron chi connectivity index (χ3n) is 4.71. The van der Waals surface area contributed by atoms with E-state index >= 15 is 0 Å². The first-order chi connectivity index (χ1) is 12.3. The van der Waals surface area contributed by atoms with Crippen LogP contribution in [0.4, 0.5) is 5.69 Å². The predicted molar refractivity (Wildman–Crippen MR) is 110 cm³/mol. The van der Waals surface area contributed by atoms with Gasteiger partial charge >= 0.3 is 0 Å². The lowest BCUT2D eigenvalue weighted by atomic mass is 10.0. The summed E-state index contributed by atoms with van der Waals surface area (Å²) in [6.45, 7) is 0. The lowest BCUT2D eigenvalue weighted by Crippen LogP contribution is -2.06. The van der Waals surface area contributed by atoms with Gasteiger partial charge in [0.05, 0.1) is 21.5 Å². The van der Waals surface area contributed by atoms with Gasteiger partial charge in [0, 0.05) is 21.6 Å². The first-order valence-corrected chi connectivity index (χ1v) is 9.57. The lowest BCUT2D eigenvalue weighted by molar-refractivity contribution is 1.19. The zero-order valence-corrected chi connectivity index (χ0v) is 15.0. The molecule has 0 fully saturated rings. The summed E-state index contributed by atoms with van der Waals surface area (Å²) >= 11 is 7.78. The van der Waals surface area contributed by atoms with Gasteiger partial charge in [-0.05, 0) is 17.7 Å². The molecule has 1 unspecified atom stereocenters. The molecule has 0 spiro atoms. The molecule has 0 saturated carbocycles. The average Bonchev–Trinajstić information content (AvgIpc) is 2.84. The molecule has 0 bridgehead atoms. The fourth-order valence-corrected chi connectivity index (χ4v) is 5.32. The van der Waals surface area contributed by atoms with E-state index in [0.29, 0.717) is 0 Å². The van der Waals surface area contributed by atoms with Crippen LogP contribution >= 0.6 is 24.0 Å². The van der Waals surface area contributed by atoms with Crippen molar-refractivity contribution in [1.82, 2.24) is 0 Å². The van der Waals surface area contributed by atoms with Crippen molar-refractivity contribution in [3.63, 3.8) is 0 Å². The molecule has 1 heterocycles. The first-order valence-electron chi connectivity index (χ1n) is 8.29. The first kappa shape index (κ1) is 14.9. The van der Waals surface area contributed by atoms with Crippen LogP contribution in [0.25, 0.3) is 5.70 Å². The number of hydrogen-bond acceptors (Lipinski definition) is 3. The molecule has 3 aromatic carbocycles. The molecular weight excluding hydrogens is 342 g/mol. The number of fused-ring (bicyclic) bond motifs is 3. The zero-order valence-electron chi connectivity index (χ0n) is 13.4. The SMILES string of the molecule is S=C1C2=C(Nc3ccccc3SC2c2ccccc2)c2ccccc21. The Balaban J connectivity index is 1.76. The van der Waals surface area contributed by atoms with Gasteiger partial charge < -0.3 is 5.32 Å². The smallest absolute Gasteiger partial charge is 0.0629 e. The Hall–Kier alpha value is -2.36. The molecule has 1 aliphatic heterocycles. The molecule has 3 heteroatoms. The summed E-state index contributed by atoms with van der Waals surface area (Å²) in [6, 6.07) is 27.6. The van der Waals surface area contributed by atoms with Gasteiger partial charge in [-0.3, -0.25) is 0 Å². The van der Waals surface area contributed by atoms with Crippen LogP contribution in [-0.4, -0.2) is 4.86 Å². The van der Waals surface area contributed by atoms with Crippen molar-refractivity contribution in [3.8, 4) is 0 Å². The van der Waals surface area contributed by atoms with E-state index in [9.17, 15) is 0 Å². The number of nitrogens with one attached hydrogen (secondary N) is 1. The molecule has 5 rings (SSSR count). The van der Waals surface area contributed by atoms with Gasteiger partial charge in [0.15, 0.2) is 0 Å². The second kappa shape index (κ2) is 5.87. The number of rotatable bonds is 1. The summed E-state index contributed by atoms with van der Waals surface area (Å²) in [5.41, 5.74) is 7.19. The van der Waals surface area contributed by atoms with Crippen molar-refractivity contribution in [1.29, 1.82) is 0 Å². The standard InChI is InChI=1S/C22H15NS2/c24-21-16-11-5-4-10-15(16)20-19(21)22(14-8-2-1-3-9-14)25-18-13-7-6-12-17(18)23-20/h1-13,22-23H. The predicted octanol–water partition coefficient (Wildman–Crippen LogP) is 6.09. The van der Waals surface area contributed by atoms with Crippen LogP contribution in [-0.2, 0) is 0 Å². The van der Waals surface area contributed by atoms with Crippen molar-refractivity contribution in [2.75, 3.05) is 5.32 Å².